The number of aromatic nitrogens is 2. The molecule has 0 saturated heterocycles. The number of carbonyl (C=O) groups is 1. The maximum atomic E-state index is 13.1. The lowest BCUT2D eigenvalue weighted by molar-refractivity contribution is 0.0737. The molecule has 2 aromatic heterocycles. The Kier molecular flexibility index (Phi) is 5.15. The van der Waals surface area contributed by atoms with Crippen LogP contribution in [0.5, 0.6) is 0 Å². The smallest absolute Gasteiger partial charge is 0.264 e. The zero-order valence-electron chi connectivity index (χ0n) is 14.2. The van der Waals surface area contributed by atoms with Crippen LogP contribution in [0.1, 0.15) is 27.9 Å². The van der Waals surface area contributed by atoms with Crippen molar-refractivity contribution in [1.82, 2.24) is 14.7 Å². The second-order valence-corrected chi connectivity index (χ2v) is 6.84. The summed E-state index contributed by atoms with van der Waals surface area (Å²) in [6.45, 7) is 5.14. The molecule has 0 saturated carbocycles. The summed E-state index contributed by atoms with van der Waals surface area (Å²) in [5.41, 5.74) is 1.81. The molecular weight excluding hydrogens is 341 g/mol. The summed E-state index contributed by atoms with van der Waals surface area (Å²) >= 11 is 1.40. The van der Waals surface area contributed by atoms with E-state index in [1.165, 1.54) is 23.5 Å². The van der Waals surface area contributed by atoms with Crippen LogP contribution in [0.25, 0.3) is 10.2 Å². The highest BCUT2D eigenvalue weighted by Gasteiger charge is 2.20. The van der Waals surface area contributed by atoms with Gasteiger partial charge in [0.2, 0.25) is 0 Å². The van der Waals surface area contributed by atoms with E-state index in [2.05, 4.69) is 5.10 Å². The van der Waals surface area contributed by atoms with Gasteiger partial charge in [0.15, 0.2) is 0 Å². The van der Waals surface area contributed by atoms with E-state index < -0.39 is 0 Å². The summed E-state index contributed by atoms with van der Waals surface area (Å²) in [7, 11) is 0. The fourth-order valence-corrected chi connectivity index (χ4v) is 3.90. The molecule has 1 aromatic carbocycles. The van der Waals surface area contributed by atoms with Crippen LogP contribution < -0.4 is 0 Å². The predicted octanol–water partition coefficient (Wildman–Crippen LogP) is 3.05. The zero-order chi connectivity index (χ0) is 18.0. The number of thiophene rings is 1. The summed E-state index contributed by atoms with van der Waals surface area (Å²) in [6, 6.07) is 8.20. The maximum absolute atomic E-state index is 13.1. The number of nitrogens with zero attached hydrogens (tertiary/aromatic N) is 3. The average molecular weight is 361 g/mol. The molecule has 1 N–H and O–H groups in total. The molecule has 0 bridgehead atoms. The SMILES string of the molecule is CCN(CCO)C(=O)c1cc2c(C)nn(Cc3ccc(F)cc3)c2s1. The number of likely N-dealkylation sites (N-methyl/N-ethyl adjacent to an activating group) is 1. The molecule has 0 radical (unpaired) electrons. The van der Waals surface area contributed by atoms with Crippen molar-refractivity contribution in [1.29, 1.82) is 0 Å². The number of aliphatic hydroxyl groups is 1. The van der Waals surface area contributed by atoms with E-state index in [1.807, 2.05) is 24.6 Å². The van der Waals surface area contributed by atoms with E-state index in [9.17, 15) is 9.18 Å². The minimum absolute atomic E-state index is 0.0537. The molecule has 2 heterocycles. The molecule has 3 rings (SSSR count). The number of rotatable bonds is 6. The van der Waals surface area contributed by atoms with Gasteiger partial charge in [-0.3, -0.25) is 9.48 Å². The highest BCUT2D eigenvalue weighted by Crippen LogP contribution is 2.29. The summed E-state index contributed by atoms with van der Waals surface area (Å²) in [6.07, 6.45) is 0. The Morgan fingerprint density at radius 2 is 2.08 bits per heavy atom. The van der Waals surface area contributed by atoms with Crippen molar-refractivity contribution in [3.05, 3.63) is 52.3 Å². The Morgan fingerprint density at radius 1 is 1.36 bits per heavy atom. The van der Waals surface area contributed by atoms with E-state index in [4.69, 9.17) is 5.11 Å². The molecule has 0 aliphatic heterocycles. The topological polar surface area (TPSA) is 58.4 Å². The van der Waals surface area contributed by atoms with E-state index in [0.717, 1.165) is 21.5 Å². The minimum atomic E-state index is -0.266. The lowest BCUT2D eigenvalue weighted by atomic mass is 10.2. The van der Waals surface area contributed by atoms with Crippen molar-refractivity contribution >= 4 is 27.5 Å². The third kappa shape index (κ3) is 3.57. The second kappa shape index (κ2) is 7.33. The monoisotopic (exact) mass is 361 g/mol. The van der Waals surface area contributed by atoms with E-state index in [0.29, 0.717) is 24.5 Å². The summed E-state index contributed by atoms with van der Waals surface area (Å²) in [4.78, 5) is 15.8. The van der Waals surface area contributed by atoms with E-state index in [1.54, 1.807) is 17.0 Å². The number of hydrogen-bond donors (Lipinski definition) is 1. The Labute approximate surface area is 149 Å². The van der Waals surface area contributed by atoms with Crippen LogP contribution in [0.2, 0.25) is 0 Å². The molecule has 1 amide bonds. The lowest BCUT2D eigenvalue weighted by Gasteiger charge is -2.18. The number of aryl methyl sites for hydroxylation is 1. The molecule has 0 fully saturated rings. The third-order valence-electron chi connectivity index (χ3n) is 4.10. The molecule has 0 aliphatic carbocycles. The first-order valence-electron chi connectivity index (χ1n) is 8.15. The van der Waals surface area contributed by atoms with Crippen molar-refractivity contribution in [2.24, 2.45) is 0 Å². The van der Waals surface area contributed by atoms with Gasteiger partial charge in [0.25, 0.3) is 5.91 Å². The van der Waals surface area contributed by atoms with Crippen LogP contribution in [0, 0.1) is 12.7 Å². The molecule has 0 unspecified atom stereocenters. The fourth-order valence-electron chi connectivity index (χ4n) is 2.77. The van der Waals surface area contributed by atoms with Crippen LogP contribution in [-0.2, 0) is 6.54 Å². The number of aliphatic hydroxyl groups excluding tert-OH is 1. The minimum Gasteiger partial charge on any atom is -0.395 e. The Hall–Kier alpha value is -2.25. The highest BCUT2D eigenvalue weighted by atomic mass is 32.1. The molecule has 0 atom stereocenters. The van der Waals surface area contributed by atoms with Crippen LogP contribution in [0.15, 0.2) is 30.3 Å². The molecule has 3 aromatic rings. The molecule has 25 heavy (non-hydrogen) atoms. The number of amides is 1. The van der Waals surface area contributed by atoms with Gasteiger partial charge >= 0.3 is 0 Å². The van der Waals surface area contributed by atoms with Crippen molar-refractivity contribution in [2.75, 3.05) is 19.7 Å². The van der Waals surface area contributed by atoms with Crippen molar-refractivity contribution in [2.45, 2.75) is 20.4 Å². The lowest BCUT2D eigenvalue weighted by Crippen LogP contribution is -2.32. The maximum Gasteiger partial charge on any atom is 0.264 e. The third-order valence-corrected chi connectivity index (χ3v) is 5.24. The summed E-state index contributed by atoms with van der Waals surface area (Å²) in [5.74, 6) is -0.344. The number of hydrogen-bond acceptors (Lipinski definition) is 4. The van der Waals surface area contributed by atoms with Crippen molar-refractivity contribution in [3.63, 3.8) is 0 Å². The molecule has 5 nitrogen and oxygen atoms in total. The van der Waals surface area contributed by atoms with Gasteiger partial charge < -0.3 is 10.0 Å². The number of benzene rings is 1. The first-order chi connectivity index (χ1) is 12.0. The zero-order valence-corrected chi connectivity index (χ0v) is 15.0. The molecule has 132 valence electrons. The van der Waals surface area contributed by atoms with Crippen LogP contribution in [0.3, 0.4) is 0 Å². The van der Waals surface area contributed by atoms with Gasteiger partial charge in [0.1, 0.15) is 10.6 Å². The number of fused-ring (bicyclic) bond motifs is 1. The second-order valence-electron chi connectivity index (χ2n) is 5.81. The number of carbonyl (C=O) groups excluding carboxylic acids is 1. The van der Waals surface area contributed by atoms with Gasteiger partial charge in [-0.05, 0) is 37.6 Å². The summed E-state index contributed by atoms with van der Waals surface area (Å²) in [5, 5.41) is 14.6. The van der Waals surface area contributed by atoms with Crippen molar-refractivity contribution < 1.29 is 14.3 Å². The van der Waals surface area contributed by atoms with E-state index in [-0.39, 0.29) is 18.3 Å². The predicted molar refractivity (Wildman–Crippen MR) is 96.5 cm³/mol. The first kappa shape index (κ1) is 17.6. The quantitative estimate of drug-likeness (QED) is 0.734. The Bertz CT molecular complexity index is 886. The van der Waals surface area contributed by atoms with Crippen molar-refractivity contribution in [3.8, 4) is 0 Å². The molecule has 7 heteroatoms. The Balaban J connectivity index is 1.92. The summed E-state index contributed by atoms with van der Waals surface area (Å²) < 4.78 is 14.9. The van der Waals surface area contributed by atoms with Crippen LogP contribution >= 0.6 is 11.3 Å². The van der Waals surface area contributed by atoms with Gasteiger partial charge in [0, 0.05) is 18.5 Å². The molecule has 0 spiro atoms. The molecular formula is C18H20FN3O2S. The largest absolute Gasteiger partial charge is 0.395 e. The number of halogens is 1. The van der Waals surface area contributed by atoms with Gasteiger partial charge in [-0.1, -0.05) is 12.1 Å². The van der Waals surface area contributed by atoms with Gasteiger partial charge in [0.05, 0.1) is 23.7 Å². The normalized spacial score (nSPS) is 11.2. The fraction of sp³-hybridized carbons (Fsp3) is 0.333. The van der Waals surface area contributed by atoms with Crippen LogP contribution in [0.4, 0.5) is 4.39 Å². The van der Waals surface area contributed by atoms with Crippen LogP contribution in [-0.4, -0.2) is 45.4 Å². The van der Waals surface area contributed by atoms with E-state index >= 15 is 0 Å². The Morgan fingerprint density at radius 3 is 2.72 bits per heavy atom. The molecule has 0 aliphatic rings. The van der Waals surface area contributed by atoms with Gasteiger partial charge in [-0.2, -0.15) is 5.10 Å². The van der Waals surface area contributed by atoms with Gasteiger partial charge in [-0.25, -0.2) is 4.39 Å². The first-order valence-corrected chi connectivity index (χ1v) is 8.96. The van der Waals surface area contributed by atoms with Gasteiger partial charge in [-0.15, -0.1) is 11.3 Å². The highest BCUT2D eigenvalue weighted by molar-refractivity contribution is 7.20. The average Bonchev–Trinajstić information content (AvgIpc) is 3.16. The standard InChI is InChI=1S/C18H20FN3O2S/c1-3-21(8-9-23)17(24)16-10-15-12(2)20-22(18(15)25-16)11-13-4-6-14(19)7-5-13/h4-7,10,23H,3,8-9,11H2,1-2H3.